The summed E-state index contributed by atoms with van der Waals surface area (Å²) < 4.78 is 72.8. The molecule has 0 spiro atoms. The number of ether oxygens (including phenoxy) is 12. The van der Waals surface area contributed by atoms with Gasteiger partial charge in [-0.1, -0.05) is 89.3 Å². The molecule has 10 atom stereocenters. The molecule has 644 valence electrons. The van der Waals surface area contributed by atoms with Gasteiger partial charge in [0.2, 0.25) is 17.7 Å². The van der Waals surface area contributed by atoms with Gasteiger partial charge in [-0.15, -0.1) is 0 Å². The molecule has 122 heavy (non-hydrogen) atoms. The molecule has 36 heteroatoms. The first-order valence-corrected chi connectivity index (χ1v) is 42.4. The molecule has 6 aliphatic rings. The van der Waals surface area contributed by atoms with Crippen LogP contribution in [0.1, 0.15) is 44.9 Å². The van der Waals surface area contributed by atoms with E-state index >= 15 is 0 Å². The number of pyridine rings is 6. The van der Waals surface area contributed by atoms with Crippen LogP contribution in [0.5, 0.6) is 34.5 Å². The Labute approximate surface area is 734 Å². The number of nitrogens with one attached hydrogen (secondary N) is 9. The highest BCUT2D eigenvalue weighted by molar-refractivity contribution is 6.42. The third kappa shape index (κ3) is 19.8. The average Bonchev–Trinajstić information content (AvgIpc) is 1.01. The molecule has 3 aromatic carbocycles. The van der Waals surface area contributed by atoms with Crippen molar-refractivity contribution in [3.63, 3.8) is 0 Å². The number of hydrogen-bond acceptors (Lipinski definition) is 27. The van der Waals surface area contributed by atoms with Crippen molar-refractivity contribution in [2.24, 2.45) is 5.92 Å². The van der Waals surface area contributed by atoms with E-state index in [0.29, 0.717) is 231 Å². The topological polar surface area (TPSA) is 348 Å². The molecule has 0 saturated carbocycles. The monoisotopic (exact) mass is 1790 g/mol. The number of methoxy groups -OCH3 is 4. The lowest BCUT2D eigenvalue weighted by Gasteiger charge is -2.32. The lowest BCUT2D eigenvalue weighted by molar-refractivity contribution is -0.118. The summed E-state index contributed by atoms with van der Waals surface area (Å²) in [6, 6.07) is 14.5. The largest absolute Gasteiger partial charge is 0.495 e. The predicted octanol–water partition coefficient (Wildman–Crippen LogP) is 14.2. The zero-order chi connectivity index (χ0) is 85.2. The molecule has 6 fully saturated rings. The van der Waals surface area contributed by atoms with Gasteiger partial charge in [-0.3, -0.25) is 14.4 Å². The fourth-order valence-corrected chi connectivity index (χ4v) is 17.7. The predicted molar refractivity (Wildman–Crippen MR) is 473 cm³/mol. The Kier molecular flexibility index (Phi) is 28.3. The van der Waals surface area contributed by atoms with Gasteiger partial charge in [0.25, 0.3) is 0 Å². The minimum Gasteiger partial charge on any atom is -0.495 e. The van der Waals surface area contributed by atoms with Crippen LogP contribution in [0.3, 0.4) is 0 Å². The van der Waals surface area contributed by atoms with E-state index in [0.717, 1.165) is 10.8 Å². The number of carbonyl (C=O) groups excluding carboxylic acids is 3. The summed E-state index contributed by atoms with van der Waals surface area (Å²) in [6.07, 6.45) is 11.9. The van der Waals surface area contributed by atoms with Gasteiger partial charge in [-0.25, -0.2) is 29.9 Å². The van der Waals surface area contributed by atoms with Crippen molar-refractivity contribution in [1.82, 2.24) is 45.9 Å². The summed E-state index contributed by atoms with van der Waals surface area (Å²) in [6.45, 7) is 16.0. The molecule has 0 radical (unpaired) electrons. The Morgan fingerprint density at radius 1 is 0.393 bits per heavy atom. The molecule has 12 heterocycles. The Bertz CT molecular complexity index is 5400. The highest BCUT2D eigenvalue weighted by atomic mass is 35.5. The molecule has 3 amide bonds. The number of rotatable bonds is 34. The number of benzene rings is 3. The molecular weight excluding hydrogens is 1700 g/mol. The molecule has 15 rings (SSSR count). The molecule has 6 aromatic heterocycles. The number of halogens is 6. The number of hydrogen-bond donors (Lipinski definition) is 9. The fourth-order valence-electron chi connectivity index (χ4n) is 15.7. The highest BCUT2D eigenvalue weighted by Gasteiger charge is 2.36. The van der Waals surface area contributed by atoms with Crippen LogP contribution in [-0.2, 0) is 42.8 Å². The second-order valence-corrected chi connectivity index (χ2v) is 32.5. The molecule has 6 saturated heterocycles. The Hall–Kier alpha value is -9.93. The Morgan fingerprint density at radius 3 is 1.02 bits per heavy atom. The van der Waals surface area contributed by atoms with Crippen LogP contribution in [0.25, 0.3) is 66.1 Å². The average molecular weight is 1790 g/mol. The third-order valence-electron chi connectivity index (χ3n) is 22.3. The van der Waals surface area contributed by atoms with Gasteiger partial charge >= 0.3 is 0 Å². The second kappa shape index (κ2) is 39.7. The first-order chi connectivity index (χ1) is 59.3. The van der Waals surface area contributed by atoms with E-state index < -0.39 is 0 Å². The minimum atomic E-state index is -0.383. The smallest absolute Gasteiger partial charge is 0.243 e. The molecule has 30 nitrogen and oxygen atoms in total. The van der Waals surface area contributed by atoms with E-state index in [4.69, 9.17) is 156 Å². The lowest BCUT2D eigenvalue weighted by atomic mass is 10.0. The molecule has 9 N–H and O–H groups in total. The standard InChI is InChI=1S/C86H93Cl6N15O15/c1-8-72(108)102-54-15-18-115-40-60(54)99-69-24-51-44(31-93-69)22-58(105-84(51)96-30-43-36-118-37-43)76-80(89)65(113-6)28-67(82(76)91)119-38-49-14-12-48(122-49)35-98-86-53-26-71(101-62-42-117-20-17-56(62)104-74(110)10-3)95-33-46(53)23-59(107-86)77-81(90)66(114-7)29-68(83(77)92)120-39-50-13-11-47(121-50)34-97-85-52-25-70(100-61-41-116-19-16-55(61)103-73(109)9-2)94-32-45(52)21-57(106-85)75-78(87)63(111-4)27-64(112-5)79(75)88/h8-10,21-29,31-33,43,47-50,54-56,60-62H,1-3,11-20,30,34-42H2,4-7H3,(H,93,99)(H,94,100)(H,95,101)(H,96,105)(H,97,106)(H,98,107)(H,102,108)(H,103,109)(H,104,110)/t47?,48?,49?,50?,54-,55-,56-,60+,61+,62+/m0/s1. The first kappa shape index (κ1) is 87.0. The zero-order valence-corrected chi connectivity index (χ0v) is 71.9. The van der Waals surface area contributed by atoms with Gasteiger partial charge in [-0.2, -0.15) is 0 Å². The van der Waals surface area contributed by atoms with Gasteiger partial charge in [0.15, 0.2) is 0 Å². The van der Waals surface area contributed by atoms with Crippen molar-refractivity contribution >= 4 is 155 Å². The van der Waals surface area contributed by atoms with E-state index in [1.165, 1.54) is 46.7 Å². The molecular formula is C86H93Cl6N15O15. The Balaban J connectivity index is 0.658. The minimum absolute atomic E-state index is 0.0980. The molecule has 0 bridgehead atoms. The van der Waals surface area contributed by atoms with Crippen LogP contribution in [0.2, 0.25) is 30.1 Å². The van der Waals surface area contributed by atoms with Crippen LogP contribution < -0.4 is 76.3 Å². The number of anilines is 6. The number of carbonyl (C=O) groups is 3. The number of nitrogens with zero attached hydrogens (tertiary/aromatic N) is 6. The third-order valence-corrected chi connectivity index (χ3v) is 24.6. The summed E-state index contributed by atoms with van der Waals surface area (Å²) in [5, 5.41) is 35.8. The normalized spacial score (nSPS) is 21.5. The maximum atomic E-state index is 12.6. The van der Waals surface area contributed by atoms with Crippen LogP contribution in [0.15, 0.2) is 111 Å². The van der Waals surface area contributed by atoms with Crippen molar-refractivity contribution in [3.05, 3.63) is 141 Å². The number of amides is 3. The highest BCUT2D eigenvalue weighted by Crippen LogP contribution is 2.51. The van der Waals surface area contributed by atoms with Gasteiger partial charge < -0.3 is 105 Å². The molecule has 4 unspecified atom stereocenters. The molecule has 9 aromatic rings. The summed E-state index contributed by atoms with van der Waals surface area (Å²) >= 11 is 43.5. The maximum Gasteiger partial charge on any atom is 0.243 e. The maximum absolute atomic E-state index is 12.6. The van der Waals surface area contributed by atoms with E-state index in [2.05, 4.69) is 67.6 Å². The van der Waals surface area contributed by atoms with Gasteiger partial charge in [0, 0.05) is 131 Å². The van der Waals surface area contributed by atoms with Crippen molar-refractivity contribution in [2.45, 2.75) is 106 Å². The quantitative estimate of drug-likeness (QED) is 0.0169. The summed E-state index contributed by atoms with van der Waals surface area (Å²) in [7, 11) is 6.03. The van der Waals surface area contributed by atoms with E-state index in [1.807, 2.05) is 36.4 Å². The first-order valence-electron chi connectivity index (χ1n) is 40.1. The van der Waals surface area contributed by atoms with E-state index in [1.54, 1.807) is 36.8 Å². The van der Waals surface area contributed by atoms with E-state index in [-0.39, 0.29) is 139 Å². The number of aromatic nitrogens is 6. The molecule has 6 aliphatic heterocycles. The lowest BCUT2D eigenvalue weighted by Crippen LogP contribution is -2.52. The Morgan fingerprint density at radius 2 is 0.705 bits per heavy atom. The van der Waals surface area contributed by atoms with Crippen LogP contribution in [0, 0.1) is 5.92 Å². The van der Waals surface area contributed by atoms with E-state index in [9.17, 15) is 14.4 Å². The van der Waals surface area contributed by atoms with Crippen LogP contribution >= 0.6 is 69.6 Å². The van der Waals surface area contributed by atoms with Gasteiger partial charge in [0.05, 0.1) is 169 Å². The summed E-state index contributed by atoms with van der Waals surface area (Å²) in [4.78, 5) is 67.6. The van der Waals surface area contributed by atoms with Crippen LogP contribution in [-0.4, -0.2) is 222 Å². The van der Waals surface area contributed by atoms with Gasteiger partial charge in [-0.05, 0) is 99.6 Å². The SMILES string of the molecule is C=CC(=O)N[C@H]1CCOC[C@H]1Nc1cc2c(NCC3CCC(COc4cc(OC)c(Cl)c(-c5cc6cnc(N[C@@H]7COCC[C@@H]7NC(=O)C=C)cc6c(NCC6CCC(COc7cc(OC)c(Cl)c(-c8cc9cnc(N[C@@H]%10COCC[C@@H]%10NC(=O)C=C)cc9c(NCC9COC9)n8)c7Cl)O6)n5)c4Cl)O3)nc(-c3c(Cl)c(OC)cc(OC)c3Cl)cc2cn1. The fraction of sp³-hybridized carbons (Fsp3) is 0.407. The zero-order valence-electron chi connectivity index (χ0n) is 67.3. The molecule has 0 aliphatic carbocycles. The number of fused-ring (bicyclic) bond motifs is 3. The van der Waals surface area contributed by atoms with Crippen molar-refractivity contribution in [2.75, 3.05) is 146 Å². The van der Waals surface area contributed by atoms with Crippen LogP contribution in [0.4, 0.5) is 34.9 Å². The van der Waals surface area contributed by atoms with Crippen molar-refractivity contribution in [1.29, 1.82) is 0 Å². The summed E-state index contributed by atoms with van der Waals surface area (Å²) in [5.74, 6) is 4.35. The summed E-state index contributed by atoms with van der Waals surface area (Å²) in [5.41, 5.74) is 2.36. The second-order valence-electron chi connectivity index (χ2n) is 30.3. The van der Waals surface area contributed by atoms with Crippen molar-refractivity contribution < 1.29 is 71.2 Å². The van der Waals surface area contributed by atoms with Crippen molar-refractivity contribution in [3.8, 4) is 68.3 Å². The van der Waals surface area contributed by atoms with Gasteiger partial charge in [0.1, 0.15) is 82.6 Å².